The number of halogens is 2. The van der Waals surface area contributed by atoms with Gasteiger partial charge in [-0.1, -0.05) is 29.3 Å². The largest absolute Gasteiger partial charge is 0.329 e. The summed E-state index contributed by atoms with van der Waals surface area (Å²) in [7, 11) is 0. The lowest BCUT2D eigenvalue weighted by Crippen LogP contribution is -2.48. The summed E-state index contributed by atoms with van der Waals surface area (Å²) in [6.45, 7) is 5.99. The molecule has 3 rings (SSSR count). The van der Waals surface area contributed by atoms with Gasteiger partial charge in [0.15, 0.2) is 0 Å². The van der Waals surface area contributed by atoms with E-state index in [1.54, 1.807) is 6.07 Å². The number of rotatable bonds is 2. The maximum atomic E-state index is 13.6. The minimum atomic E-state index is -0.271. The molecule has 0 saturated carbocycles. The number of nitrogens with zero attached hydrogens (tertiary/aromatic N) is 1. The van der Waals surface area contributed by atoms with Crippen molar-refractivity contribution in [2.24, 2.45) is 0 Å². The van der Waals surface area contributed by atoms with Crippen LogP contribution in [-0.2, 0) is 0 Å². The number of aryl methyl sites for hydroxylation is 2. The first-order valence-corrected chi connectivity index (χ1v) is 7.90. The van der Waals surface area contributed by atoms with Gasteiger partial charge >= 0.3 is 0 Å². The van der Waals surface area contributed by atoms with Crippen LogP contribution in [0, 0.1) is 19.7 Å². The average Bonchev–Trinajstić information content (AvgIpc) is 2.53. The number of hydrogen-bond donors (Lipinski definition) is 1. The quantitative estimate of drug-likeness (QED) is 0.898. The molecular formula is C19H22ClFN2O. The fraction of sp³-hybridized carbons (Fsp3) is 0.316. The van der Waals surface area contributed by atoms with E-state index in [4.69, 9.17) is 0 Å². The van der Waals surface area contributed by atoms with Crippen LogP contribution >= 0.6 is 12.4 Å². The van der Waals surface area contributed by atoms with Crippen molar-refractivity contribution in [3.8, 4) is 0 Å². The lowest BCUT2D eigenvalue weighted by Gasteiger charge is -2.36. The van der Waals surface area contributed by atoms with Gasteiger partial charge in [-0.25, -0.2) is 4.39 Å². The molecule has 1 fully saturated rings. The highest BCUT2D eigenvalue weighted by atomic mass is 35.5. The lowest BCUT2D eigenvalue weighted by atomic mass is 10.0. The van der Waals surface area contributed by atoms with Crippen molar-refractivity contribution in [3.05, 3.63) is 70.5 Å². The second-order valence-electron chi connectivity index (χ2n) is 6.15. The van der Waals surface area contributed by atoms with Gasteiger partial charge in [0.05, 0.1) is 6.04 Å². The molecule has 0 radical (unpaired) electrons. The van der Waals surface area contributed by atoms with Crippen molar-refractivity contribution in [2.45, 2.75) is 19.9 Å². The van der Waals surface area contributed by atoms with Crippen LogP contribution in [0.25, 0.3) is 0 Å². The van der Waals surface area contributed by atoms with Crippen LogP contribution in [0.4, 0.5) is 4.39 Å². The normalized spacial score (nSPS) is 17.3. The number of benzene rings is 2. The van der Waals surface area contributed by atoms with Gasteiger partial charge in [0.25, 0.3) is 5.91 Å². The van der Waals surface area contributed by atoms with Crippen LogP contribution < -0.4 is 5.32 Å². The number of hydrogen-bond acceptors (Lipinski definition) is 2. The van der Waals surface area contributed by atoms with Gasteiger partial charge in [0.1, 0.15) is 5.82 Å². The van der Waals surface area contributed by atoms with E-state index in [1.165, 1.54) is 12.1 Å². The first kappa shape index (κ1) is 18.4. The zero-order chi connectivity index (χ0) is 16.4. The molecule has 0 aliphatic carbocycles. The van der Waals surface area contributed by atoms with Crippen molar-refractivity contribution in [1.82, 2.24) is 10.2 Å². The number of nitrogens with one attached hydrogen (secondary N) is 1. The lowest BCUT2D eigenvalue weighted by molar-refractivity contribution is 0.0633. The van der Waals surface area contributed by atoms with Gasteiger partial charge in [0.2, 0.25) is 0 Å². The SMILES string of the molecule is Cc1cc(C)cc(C(=O)N2CCNCC2c2cccc(F)c2)c1.Cl. The summed E-state index contributed by atoms with van der Waals surface area (Å²) >= 11 is 0. The van der Waals surface area contributed by atoms with Crippen molar-refractivity contribution in [2.75, 3.05) is 19.6 Å². The number of carbonyl (C=O) groups excluding carboxylic acids is 1. The zero-order valence-corrected chi connectivity index (χ0v) is 14.7. The molecule has 5 heteroatoms. The summed E-state index contributed by atoms with van der Waals surface area (Å²) in [5.41, 5.74) is 3.68. The smallest absolute Gasteiger partial charge is 0.254 e. The third-order valence-corrected chi connectivity index (χ3v) is 4.21. The van der Waals surface area contributed by atoms with E-state index in [2.05, 4.69) is 11.4 Å². The molecule has 1 unspecified atom stereocenters. The second-order valence-corrected chi connectivity index (χ2v) is 6.15. The van der Waals surface area contributed by atoms with Crippen LogP contribution in [0.2, 0.25) is 0 Å². The molecule has 24 heavy (non-hydrogen) atoms. The summed E-state index contributed by atoms with van der Waals surface area (Å²) in [6.07, 6.45) is 0. The van der Waals surface area contributed by atoms with E-state index >= 15 is 0 Å². The average molecular weight is 349 g/mol. The maximum absolute atomic E-state index is 13.6. The van der Waals surface area contributed by atoms with E-state index in [0.717, 1.165) is 23.2 Å². The fourth-order valence-corrected chi connectivity index (χ4v) is 3.22. The second kappa shape index (κ2) is 7.77. The molecule has 1 amide bonds. The Labute approximate surface area is 148 Å². The first-order valence-electron chi connectivity index (χ1n) is 7.90. The summed E-state index contributed by atoms with van der Waals surface area (Å²) in [5, 5.41) is 3.30. The molecule has 1 aliphatic rings. The molecule has 0 bridgehead atoms. The van der Waals surface area contributed by atoms with Crippen molar-refractivity contribution in [1.29, 1.82) is 0 Å². The van der Waals surface area contributed by atoms with Gasteiger partial charge in [-0.05, 0) is 43.7 Å². The standard InChI is InChI=1S/C19H21FN2O.ClH/c1-13-8-14(2)10-16(9-13)19(23)22-7-6-21-12-18(22)15-4-3-5-17(20)11-15;/h3-5,8-11,18,21H,6-7,12H2,1-2H3;1H. The Morgan fingerprint density at radius 1 is 1.17 bits per heavy atom. The molecule has 128 valence electrons. The van der Waals surface area contributed by atoms with Gasteiger partial charge < -0.3 is 10.2 Å². The van der Waals surface area contributed by atoms with Crippen LogP contribution in [-0.4, -0.2) is 30.4 Å². The minimum absolute atomic E-state index is 0. The molecule has 1 atom stereocenters. The number of carbonyl (C=O) groups is 1. The Kier molecular flexibility index (Phi) is 5.97. The highest BCUT2D eigenvalue weighted by Crippen LogP contribution is 2.25. The molecule has 1 N–H and O–H groups in total. The minimum Gasteiger partial charge on any atom is -0.329 e. The van der Waals surface area contributed by atoms with Gasteiger partial charge in [-0.3, -0.25) is 4.79 Å². The van der Waals surface area contributed by atoms with E-state index in [-0.39, 0.29) is 30.2 Å². The van der Waals surface area contributed by atoms with Crippen molar-refractivity contribution in [3.63, 3.8) is 0 Å². The third kappa shape index (κ3) is 3.94. The van der Waals surface area contributed by atoms with Crippen LogP contribution in [0.15, 0.2) is 42.5 Å². The molecule has 1 saturated heterocycles. The number of piperazine rings is 1. The Balaban J connectivity index is 0.00000208. The Bertz CT molecular complexity index is 715. The van der Waals surface area contributed by atoms with Crippen LogP contribution in [0.5, 0.6) is 0 Å². The fourth-order valence-electron chi connectivity index (χ4n) is 3.22. The summed E-state index contributed by atoms with van der Waals surface area (Å²) in [5.74, 6) is -0.264. The summed E-state index contributed by atoms with van der Waals surface area (Å²) in [6, 6.07) is 12.3. The van der Waals surface area contributed by atoms with E-state index in [1.807, 2.05) is 36.9 Å². The van der Waals surface area contributed by atoms with Crippen molar-refractivity contribution >= 4 is 18.3 Å². The molecule has 1 aliphatic heterocycles. The molecular weight excluding hydrogens is 327 g/mol. The van der Waals surface area contributed by atoms with E-state index < -0.39 is 0 Å². The molecule has 0 spiro atoms. The Hall–Kier alpha value is -1.91. The topological polar surface area (TPSA) is 32.3 Å². The van der Waals surface area contributed by atoms with E-state index in [9.17, 15) is 9.18 Å². The molecule has 1 heterocycles. The van der Waals surface area contributed by atoms with E-state index in [0.29, 0.717) is 18.7 Å². The molecule has 0 aromatic heterocycles. The Morgan fingerprint density at radius 2 is 1.88 bits per heavy atom. The predicted octanol–water partition coefficient (Wildman–Crippen LogP) is 3.65. The third-order valence-electron chi connectivity index (χ3n) is 4.21. The first-order chi connectivity index (χ1) is 11.0. The van der Waals surface area contributed by atoms with Gasteiger partial charge in [-0.2, -0.15) is 0 Å². The summed E-state index contributed by atoms with van der Waals surface area (Å²) < 4.78 is 13.6. The van der Waals surface area contributed by atoms with Crippen molar-refractivity contribution < 1.29 is 9.18 Å². The molecule has 2 aromatic carbocycles. The highest BCUT2D eigenvalue weighted by Gasteiger charge is 2.28. The summed E-state index contributed by atoms with van der Waals surface area (Å²) in [4.78, 5) is 14.8. The monoisotopic (exact) mass is 348 g/mol. The number of amides is 1. The zero-order valence-electron chi connectivity index (χ0n) is 13.9. The molecule has 2 aromatic rings. The van der Waals surface area contributed by atoms with Crippen LogP contribution in [0.3, 0.4) is 0 Å². The van der Waals surface area contributed by atoms with Gasteiger partial charge in [-0.15, -0.1) is 12.4 Å². The highest BCUT2D eigenvalue weighted by molar-refractivity contribution is 5.95. The predicted molar refractivity (Wildman–Crippen MR) is 96.2 cm³/mol. The van der Waals surface area contributed by atoms with Gasteiger partial charge in [0, 0.05) is 25.2 Å². The maximum Gasteiger partial charge on any atom is 0.254 e. The molecule has 3 nitrogen and oxygen atoms in total. The van der Waals surface area contributed by atoms with Crippen LogP contribution in [0.1, 0.15) is 33.1 Å². The Morgan fingerprint density at radius 3 is 2.54 bits per heavy atom.